The fourth-order valence-electron chi connectivity index (χ4n) is 1.52. The van der Waals surface area contributed by atoms with E-state index in [9.17, 15) is 0 Å². The van der Waals surface area contributed by atoms with Gasteiger partial charge in [0, 0.05) is 13.2 Å². The van der Waals surface area contributed by atoms with E-state index in [1.165, 1.54) is 51.4 Å². The highest BCUT2D eigenvalue weighted by Crippen LogP contribution is 2.28. The Bertz CT molecular complexity index is 108. The molecule has 0 aromatic carbocycles. The van der Waals surface area contributed by atoms with Gasteiger partial charge in [-0.1, -0.05) is 39.0 Å². The summed E-state index contributed by atoms with van der Waals surface area (Å²) in [5, 5.41) is 0. The minimum absolute atomic E-state index is 0.931. The van der Waals surface area contributed by atoms with Gasteiger partial charge in [0.2, 0.25) is 0 Å². The molecule has 1 heteroatoms. The quantitative estimate of drug-likeness (QED) is 0.496. The Morgan fingerprint density at radius 2 is 1.69 bits per heavy atom. The van der Waals surface area contributed by atoms with E-state index in [4.69, 9.17) is 4.74 Å². The van der Waals surface area contributed by atoms with E-state index < -0.39 is 0 Å². The highest BCUT2D eigenvalue weighted by Gasteiger charge is 2.20. The molecule has 78 valence electrons. The molecule has 1 aliphatic rings. The van der Waals surface area contributed by atoms with Crippen molar-refractivity contribution in [2.24, 2.45) is 5.92 Å². The molecule has 0 aromatic rings. The van der Waals surface area contributed by atoms with Crippen molar-refractivity contribution in [2.45, 2.75) is 58.3 Å². The van der Waals surface area contributed by atoms with Gasteiger partial charge in [-0.2, -0.15) is 0 Å². The maximum atomic E-state index is 5.56. The lowest BCUT2D eigenvalue weighted by atomic mass is 10.1. The lowest BCUT2D eigenvalue weighted by Crippen LogP contribution is -1.98. The number of unbranched alkanes of at least 4 members (excludes halogenated alkanes) is 5. The van der Waals surface area contributed by atoms with Crippen LogP contribution in [0.4, 0.5) is 0 Å². The summed E-state index contributed by atoms with van der Waals surface area (Å²) < 4.78 is 5.56. The third-order valence-electron chi connectivity index (χ3n) is 2.69. The van der Waals surface area contributed by atoms with E-state index in [0.717, 1.165) is 19.1 Å². The van der Waals surface area contributed by atoms with Crippen LogP contribution in [-0.4, -0.2) is 13.2 Å². The zero-order chi connectivity index (χ0) is 9.36. The van der Waals surface area contributed by atoms with E-state index in [1.54, 1.807) is 0 Å². The Morgan fingerprint density at radius 3 is 2.38 bits per heavy atom. The van der Waals surface area contributed by atoms with Crippen LogP contribution in [0.5, 0.6) is 0 Å². The fourth-order valence-corrected chi connectivity index (χ4v) is 1.52. The summed E-state index contributed by atoms with van der Waals surface area (Å²) in [6.07, 6.45) is 11.0. The van der Waals surface area contributed by atoms with Gasteiger partial charge in [-0.25, -0.2) is 0 Å². The third kappa shape index (κ3) is 7.06. The van der Waals surface area contributed by atoms with Gasteiger partial charge in [0.25, 0.3) is 0 Å². The summed E-state index contributed by atoms with van der Waals surface area (Å²) in [6, 6.07) is 0. The molecule has 1 nitrogen and oxygen atoms in total. The predicted octanol–water partition coefficient (Wildman–Crippen LogP) is 3.77. The van der Waals surface area contributed by atoms with Crippen molar-refractivity contribution in [1.29, 1.82) is 0 Å². The molecule has 0 radical (unpaired) electrons. The molecule has 0 aromatic heterocycles. The minimum atomic E-state index is 0.931. The Hall–Kier alpha value is -0.0400. The SMILES string of the molecule is CCCCCCCCOCC1CC1. The topological polar surface area (TPSA) is 9.23 Å². The fraction of sp³-hybridized carbons (Fsp3) is 1.00. The molecule has 0 spiro atoms. The molecule has 0 atom stereocenters. The molecule has 0 bridgehead atoms. The Kier molecular flexibility index (Phi) is 6.26. The molecule has 0 saturated heterocycles. The maximum Gasteiger partial charge on any atom is 0.0494 e. The summed E-state index contributed by atoms with van der Waals surface area (Å²) in [5.41, 5.74) is 0. The molecule has 0 amide bonds. The first-order valence-corrected chi connectivity index (χ1v) is 6.01. The molecule has 0 heterocycles. The van der Waals surface area contributed by atoms with Crippen molar-refractivity contribution in [1.82, 2.24) is 0 Å². The van der Waals surface area contributed by atoms with Gasteiger partial charge in [0.15, 0.2) is 0 Å². The van der Waals surface area contributed by atoms with Crippen molar-refractivity contribution in [3.05, 3.63) is 0 Å². The van der Waals surface area contributed by atoms with Crippen LogP contribution < -0.4 is 0 Å². The highest BCUT2D eigenvalue weighted by atomic mass is 16.5. The van der Waals surface area contributed by atoms with E-state index in [0.29, 0.717) is 0 Å². The maximum absolute atomic E-state index is 5.56. The molecule has 1 aliphatic carbocycles. The van der Waals surface area contributed by atoms with Crippen LogP contribution in [0, 0.1) is 5.92 Å². The second kappa shape index (κ2) is 7.37. The molecular weight excluding hydrogens is 160 g/mol. The van der Waals surface area contributed by atoms with Gasteiger partial charge in [-0.05, 0) is 25.2 Å². The lowest BCUT2D eigenvalue weighted by molar-refractivity contribution is 0.120. The van der Waals surface area contributed by atoms with E-state index in [-0.39, 0.29) is 0 Å². The van der Waals surface area contributed by atoms with Crippen molar-refractivity contribution in [3.63, 3.8) is 0 Å². The number of rotatable bonds is 9. The van der Waals surface area contributed by atoms with E-state index in [1.807, 2.05) is 0 Å². The molecule has 1 rings (SSSR count). The van der Waals surface area contributed by atoms with Crippen molar-refractivity contribution in [2.75, 3.05) is 13.2 Å². The van der Waals surface area contributed by atoms with E-state index in [2.05, 4.69) is 6.92 Å². The Balaban J connectivity index is 1.63. The largest absolute Gasteiger partial charge is 0.381 e. The molecule has 1 fully saturated rings. The summed E-state index contributed by atoms with van der Waals surface area (Å²) in [7, 11) is 0. The first kappa shape index (κ1) is 11.0. The van der Waals surface area contributed by atoms with Gasteiger partial charge in [-0.3, -0.25) is 0 Å². The highest BCUT2D eigenvalue weighted by molar-refractivity contribution is 4.71. The molecule has 13 heavy (non-hydrogen) atoms. The lowest BCUT2D eigenvalue weighted by Gasteiger charge is -2.02. The van der Waals surface area contributed by atoms with Crippen LogP contribution in [0.3, 0.4) is 0 Å². The average molecular weight is 184 g/mol. The number of hydrogen-bond acceptors (Lipinski definition) is 1. The first-order chi connectivity index (χ1) is 6.43. The van der Waals surface area contributed by atoms with Crippen molar-refractivity contribution >= 4 is 0 Å². The molecule has 0 N–H and O–H groups in total. The summed E-state index contributed by atoms with van der Waals surface area (Å²) in [6.45, 7) is 4.30. The van der Waals surface area contributed by atoms with Gasteiger partial charge >= 0.3 is 0 Å². The van der Waals surface area contributed by atoms with Gasteiger partial charge in [0.1, 0.15) is 0 Å². The zero-order valence-corrected chi connectivity index (χ0v) is 9.06. The van der Waals surface area contributed by atoms with Gasteiger partial charge in [-0.15, -0.1) is 0 Å². The Morgan fingerprint density at radius 1 is 1.00 bits per heavy atom. The molecule has 0 unspecified atom stereocenters. The van der Waals surface area contributed by atoms with Crippen LogP contribution in [0.25, 0.3) is 0 Å². The number of hydrogen-bond donors (Lipinski definition) is 0. The van der Waals surface area contributed by atoms with Crippen LogP contribution in [-0.2, 0) is 4.74 Å². The van der Waals surface area contributed by atoms with E-state index >= 15 is 0 Å². The van der Waals surface area contributed by atoms with Crippen LogP contribution >= 0.6 is 0 Å². The normalized spacial score (nSPS) is 16.4. The third-order valence-corrected chi connectivity index (χ3v) is 2.69. The molecule has 1 saturated carbocycles. The van der Waals surface area contributed by atoms with Crippen molar-refractivity contribution in [3.8, 4) is 0 Å². The second-order valence-corrected chi connectivity index (χ2v) is 4.29. The summed E-state index contributed by atoms with van der Waals surface area (Å²) in [5.74, 6) is 0.931. The monoisotopic (exact) mass is 184 g/mol. The van der Waals surface area contributed by atoms with Gasteiger partial charge in [0.05, 0.1) is 0 Å². The van der Waals surface area contributed by atoms with Crippen LogP contribution in [0.1, 0.15) is 58.3 Å². The van der Waals surface area contributed by atoms with Crippen LogP contribution in [0.2, 0.25) is 0 Å². The standard InChI is InChI=1S/C12H24O/c1-2-3-4-5-6-7-10-13-11-12-8-9-12/h12H,2-11H2,1H3. The minimum Gasteiger partial charge on any atom is -0.381 e. The summed E-state index contributed by atoms with van der Waals surface area (Å²) in [4.78, 5) is 0. The molecular formula is C12H24O. The predicted molar refractivity (Wildman–Crippen MR) is 56.9 cm³/mol. The smallest absolute Gasteiger partial charge is 0.0494 e. The Labute approximate surface area is 82.9 Å². The van der Waals surface area contributed by atoms with Crippen molar-refractivity contribution < 1.29 is 4.74 Å². The molecule has 0 aliphatic heterocycles. The zero-order valence-electron chi connectivity index (χ0n) is 9.06. The average Bonchev–Trinajstić information content (AvgIpc) is 2.93. The number of ether oxygens (including phenoxy) is 1. The van der Waals surface area contributed by atoms with Crippen LogP contribution in [0.15, 0.2) is 0 Å². The summed E-state index contributed by atoms with van der Waals surface area (Å²) >= 11 is 0. The first-order valence-electron chi connectivity index (χ1n) is 6.01. The van der Waals surface area contributed by atoms with Gasteiger partial charge < -0.3 is 4.74 Å². The second-order valence-electron chi connectivity index (χ2n) is 4.29.